The number of benzene rings is 2. The lowest BCUT2D eigenvalue weighted by Crippen LogP contribution is -2.50. The van der Waals surface area contributed by atoms with Crippen LogP contribution in [-0.4, -0.2) is 65.1 Å². The lowest BCUT2D eigenvalue weighted by molar-refractivity contribution is -0.141. The van der Waals surface area contributed by atoms with Gasteiger partial charge in [-0.1, -0.05) is 73.5 Å². The van der Waals surface area contributed by atoms with E-state index in [0.29, 0.717) is 13.1 Å². The average Bonchev–Trinajstić information content (AvgIpc) is 3.14. The summed E-state index contributed by atoms with van der Waals surface area (Å²) in [6.45, 7) is 3.10. The van der Waals surface area contributed by atoms with Crippen LogP contribution in [0, 0.1) is 11.8 Å². The molecule has 5 rings (SSSR count). The summed E-state index contributed by atoms with van der Waals surface area (Å²) in [5.74, 6) is -0.367. The van der Waals surface area contributed by atoms with Crippen molar-refractivity contribution in [2.75, 3.05) is 32.7 Å². The summed E-state index contributed by atoms with van der Waals surface area (Å²) in [6.07, 6.45) is 3.88. The summed E-state index contributed by atoms with van der Waals surface area (Å²) in [5.41, 5.74) is 2.50. The summed E-state index contributed by atoms with van der Waals surface area (Å²) < 4.78 is 0. The summed E-state index contributed by atoms with van der Waals surface area (Å²) >= 11 is 0. The van der Waals surface area contributed by atoms with Crippen LogP contribution < -0.4 is 0 Å². The number of fused-ring (bicyclic) bond motifs is 1. The lowest BCUT2D eigenvalue weighted by atomic mass is 9.81. The van der Waals surface area contributed by atoms with Crippen LogP contribution in [0.25, 0.3) is 0 Å². The molecule has 3 aliphatic rings. The highest BCUT2D eigenvalue weighted by molar-refractivity contribution is 6.05. The van der Waals surface area contributed by atoms with Gasteiger partial charge in [-0.05, 0) is 24.0 Å². The maximum absolute atomic E-state index is 13.0. The fourth-order valence-corrected chi connectivity index (χ4v) is 5.93. The highest BCUT2D eigenvalue weighted by atomic mass is 16.2. The molecule has 2 aromatic carbocycles. The molecule has 2 saturated heterocycles. The minimum Gasteiger partial charge on any atom is -0.340 e. The van der Waals surface area contributed by atoms with Crippen LogP contribution in [0.5, 0.6) is 0 Å². The van der Waals surface area contributed by atoms with Crippen LogP contribution >= 0.6 is 0 Å². The first kappa shape index (κ1) is 22.8. The average molecular weight is 460 g/mol. The number of carbonyl (C=O) groups excluding carboxylic acids is 3. The van der Waals surface area contributed by atoms with Crippen molar-refractivity contribution in [1.29, 1.82) is 0 Å². The van der Waals surface area contributed by atoms with E-state index in [1.54, 1.807) is 0 Å². The number of likely N-dealkylation sites (tertiary alicyclic amines) is 1. The van der Waals surface area contributed by atoms with Crippen LogP contribution in [0.15, 0.2) is 60.7 Å². The van der Waals surface area contributed by atoms with Crippen molar-refractivity contribution in [3.05, 3.63) is 71.8 Å². The second kappa shape index (κ2) is 10.1. The predicted molar refractivity (Wildman–Crippen MR) is 130 cm³/mol. The second-order valence-corrected chi connectivity index (χ2v) is 9.72. The van der Waals surface area contributed by atoms with E-state index >= 15 is 0 Å². The molecule has 0 N–H and O–H groups in total. The molecule has 0 radical (unpaired) electrons. The number of hydrogen-bond donors (Lipinski definition) is 0. The SMILES string of the molecule is O=C(CCN1C(=O)C2CCCCC2C1=O)N1CCN(C(c2ccccc2)c2ccccc2)CC1. The van der Waals surface area contributed by atoms with Crippen molar-refractivity contribution >= 4 is 17.7 Å². The maximum atomic E-state index is 13.0. The normalized spacial score (nSPS) is 23.4. The van der Waals surface area contributed by atoms with Crippen molar-refractivity contribution < 1.29 is 14.4 Å². The Hall–Kier alpha value is -2.99. The third-order valence-corrected chi connectivity index (χ3v) is 7.74. The Kier molecular flexibility index (Phi) is 6.77. The van der Waals surface area contributed by atoms with Gasteiger partial charge in [0.25, 0.3) is 0 Å². The van der Waals surface area contributed by atoms with E-state index in [9.17, 15) is 14.4 Å². The topological polar surface area (TPSA) is 60.9 Å². The van der Waals surface area contributed by atoms with E-state index in [1.807, 2.05) is 17.0 Å². The molecule has 2 aliphatic heterocycles. The summed E-state index contributed by atoms with van der Waals surface area (Å²) in [7, 11) is 0. The zero-order valence-electron chi connectivity index (χ0n) is 19.6. The molecule has 1 saturated carbocycles. The van der Waals surface area contributed by atoms with Gasteiger partial charge in [0, 0.05) is 39.1 Å². The third-order valence-electron chi connectivity index (χ3n) is 7.74. The Bertz CT molecular complexity index is 954. The van der Waals surface area contributed by atoms with E-state index in [2.05, 4.69) is 53.4 Å². The monoisotopic (exact) mass is 459 g/mol. The molecule has 2 aromatic rings. The molecule has 34 heavy (non-hydrogen) atoms. The number of rotatable bonds is 6. The Balaban J connectivity index is 1.19. The first-order valence-corrected chi connectivity index (χ1v) is 12.6. The largest absolute Gasteiger partial charge is 0.340 e. The van der Waals surface area contributed by atoms with Crippen LogP contribution in [-0.2, 0) is 14.4 Å². The molecule has 3 fully saturated rings. The van der Waals surface area contributed by atoms with Gasteiger partial charge in [-0.2, -0.15) is 0 Å². The fourth-order valence-electron chi connectivity index (χ4n) is 5.93. The molecule has 0 spiro atoms. The van der Waals surface area contributed by atoms with Gasteiger partial charge in [0.05, 0.1) is 17.9 Å². The van der Waals surface area contributed by atoms with Crippen molar-refractivity contribution in [3.8, 4) is 0 Å². The molecule has 2 atom stereocenters. The highest BCUT2D eigenvalue weighted by Gasteiger charge is 2.48. The summed E-state index contributed by atoms with van der Waals surface area (Å²) in [4.78, 5) is 44.1. The van der Waals surface area contributed by atoms with E-state index in [4.69, 9.17) is 0 Å². The number of imide groups is 1. The van der Waals surface area contributed by atoms with Gasteiger partial charge in [0.1, 0.15) is 0 Å². The first-order chi connectivity index (χ1) is 16.6. The molecular formula is C28H33N3O3. The molecule has 0 bridgehead atoms. The zero-order valence-corrected chi connectivity index (χ0v) is 19.6. The van der Waals surface area contributed by atoms with E-state index in [-0.39, 0.29) is 48.6 Å². The lowest BCUT2D eigenvalue weighted by Gasteiger charge is -2.40. The Labute approximate surface area is 201 Å². The quantitative estimate of drug-likeness (QED) is 0.621. The minimum absolute atomic E-state index is 0.0334. The van der Waals surface area contributed by atoms with Gasteiger partial charge in [0.2, 0.25) is 17.7 Å². The van der Waals surface area contributed by atoms with Gasteiger partial charge < -0.3 is 4.90 Å². The predicted octanol–water partition coefficient (Wildman–Crippen LogP) is 3.49. The molecule has 178 valence electrons. The van der Waals surface area contributed by atoms with Crippen molar-refractivity contribution in [2.24, 2.45) is 11.8 Å². The third kappa shape index (κ3) is 4.51. The molecule has 6 heteroatoms. The summed E-state index contributed by atoms with van der Waals surface area (Å²) in [6, 6.07) is 21.2. The van der Waals surface area contributed by atoms with Crippen molar-refractivity contribution in [1.82, 2.24) is 14.7 Å². The number of piperazine rings is 1. The van der Waals surface area contributed by atoms with E-state index in [0.717, 1.165) is 38.8 Å². The van der Waals surface area contributed by atoms with E-state index < -0.39 is 0 Å². The molecule has 1 aliphatic carbocycles. The van der Waals surface area contributed by atoms with Crippen molar-refractivity contribution in [2.45, 2.75) is 38.1 Å². The van der Waals surface area contributed by atoms with Gasteiger partial charge >= 0.3 is 0 Å². The molecule has 0 aromatic heterocycles. The van der Waals surface area contributed by atoms with Crippen LogP contribution in [0.3, 0.4) is 0 Å². The van der Waals surface area contributed by atoms with Gasteiger partial charge in [-0.3, -0.25) is 24.2 Å². The standard InChI is InChI=1S/C28H33N3O3/c32-25(15-16-31-27(33)23-13-7-8-14-24(23)28(31)34)29-17-19-30(20-18-29)26(21-9-3-1-4-10-21)22-11-5-2-6-12-22/h1-6,9-12,23-24,26H,7-8,13-20H2. The maximum Gasteiger partial charge on any atom is 0.233 e. The Morgan fingerprint density at radius 2 is 1.26 bits per heavy atom. The first-order valence-electron chi connectivity index (χ1n) is 12.6. The molecule has 2 heterocycles. The minimum atomic E-state index is -0.146. The van der Waals surface area contributed by atoms with Crippen LogP contribution in [0.2, 0.25) is 0 Å². The van der Waals surface area contributed by atoms with Crippen LogP contribution in [0.4, 0.5) is 0 Å². The summed E-state index contributed by atoms with van der Waals surface area (Å²) in [5, 5.41) is 0. The molecule has 3 amide bonds. The number of nitrogens with zero attached hydrogens (tertiary/aromatic N) is 3. The Morgan fingerprint density at radius 3 is 1.76 bits per heavy atom. The molecule has 6 nitrogen and oxygen atoms in total. The molecule has 2 unspecified atom stereocenters. The zero-order chi connectivity index (χ0) is 23.5. The number of hydrogen-bond acceptors (Lipinski definition) is 4. The van der Waals surface area contributed by atoms with Crippen molar-refractivity contribution in [3.63, 3.8) is 0 Å². The second-order valence-electron chi connectivity index (χ2n) is 9.72. The van der Waals surface area contributed by atoms with Gasteiger partial charge in [-0.15, -0.1) is 0 Å². The highest BCUT2D eigenvalue weighted by Crippen LogP contribution is 2.38. The van der Waals surface area contributed by atoms with E-state index in [1.165, 1.54) is 16.0 Å². The van der Waals surface area contributed by atoms with Gasteiger partial charge in [-0.25, -0.2) is 0 Å². The van der Waals surface area contributed by atoms with Gasteiger partial charge in [0.15, 0.2) is 0 Å². The molecular weight excluding hydrogens is 426 g/mol. The fraction of sp³-hybridized carbons (Fsp3) is 0.464. The Morgan fingerprint density at radius 1 is 0.765 bits per heavy atom. The smallest absolute Gasteiger partial charge is 0.233 e. The van der Waals surface area contributed by atoms with Crippen LogP contribution in [0.1, 0.15) is 49.3 Å². The number of carbonyl (C=O) groups is 3. The number of amides is 3.